The number of piperidine rings is 1. The van der Waals surface area contributed by atoms with E-state index in [1.165, 1.54) is 5.56 Å². The summed E-state index contributed by atoms with van der Waals surface area (Å²) in [6.45, 7) is 3.36. The molecule has 2 heterocycles. The number of amides is 2. The molecule has 1 aromatic rings. The fraction of sp³-hybridized carbons (Fsp3) is 0.529. The van der Waals surface area contributed by atoms with Gasteiger partial charge in [0.2, 0.25) is 5.91 Å². The van der Waals surface area contributed by atoms with Crippen molar-refractivity contribution < 1.29 is 14.3 Å². The van der Waals surface area contributed by atoms with Gasteiger partial charge in [0.05, 0.1) is 12.1 Å². The van der Waals surface area contributed by atoms with Crippen LogP contribution in [0.5, 0.6) is 0 Å². The van der Waals surface area contributed by atoms with Crippen molar-refractivity contribution in [3.63, 3.8) is 0 Å². The topological polar surface area (TPSA) is 58.6 Å². The van der Waals surface area contributed by atoms with Crippen LogP contribution in [-0.2, 0) is 9.53 Å². The minimum atomic E-state index is -0.303. The molecule has 0 bridgehead atoms. The van der Waals surface area contributed by atoms with Crippen molar-refractivity contribution in [2.75, 3.05) is 19.7 Å². The van der Waals surface area contributed by atoms with Gasteiger partial charge in [-0.3, -0.25) is 4.79 Å². The van der Waals surface area contributed by atoms with E-state index in [0.29, 0.717) is 26.1 Å². The molecule has 2 aliphatic heterocycles. The molecule has 3 rings (SSSR count). The van der Waals surface area contributed by atoms with Crippen molar-refractivity contribution >= 4 is 12.0 Å². The van der Waals surface area contributed by atoms with Crippen molar-refractivity contribution in [1.29, 1.82) is 0 Å². The first-order valence-corrected chi connectivity index (χ1v) is 7.89. The van der Waals surface area contributed by atoms with Crippen molar-refractivity contribution in [1.82, 2.24) is 10.2 Å². The Morgan fingerprint density at radius 3 is 2.91 bits per heavy atom. The Morgan fingerprint density at radius 1 is 1.41 bits per heavy atom. The van der Waals surface area contributed by atoms with Gasteiger partial charge in [-0.25, -0.2) is 4.79 Å². The number of ether oxygens (including phenoxy) is 1. The van der Waals surface area contributed by atoms with Crippen LogP contribution in [0.1, 0.15) is 37.7 Å². The molecule has 0 saturated carbocycles. The molecule has 2 amide bonds. The minimum Gasteiger partial charge on any atom is -0.450 e. The maximum Gasteiger partial charge on any atom is 0.409 e. The van der Waals surface area contributed by atoms with Crippen molar-refractivity contribution in [3.8, 4) is 0 Å². The van der Waals surface area contributed by atoms with Gasteiger partial charge < -0.3 is 15.0 Å². The predicted molar refractivity (Wildman–Crippen MR) is 82.5 cm³/mol. The highest BCUT2D eigenvalue weighted by Crippen LogP contribution is 2.38. The molecular weight excluding hydrogens is 280 g/mol. The average molecular weight is 302 g/mol. The number of nitrogens with zero attached hydrogens (tertiary/aromatic N) is 1. The number of carbonyl (C=O) groups is 2. The normalized spacial score (nSPS) is 27.8. The molecule has 0 radical (unpaired) electrons. The third-order valence-electron chi connectivity index (χ3n) is 4.62. The number of likely N-dealkylation sites (tertiary alicyclic amines) is 1. The zero-order chi connectivity index (χ0) is 15.6. The zero-order valence-corrected chi connectivity index (χ0v) is 12.9. The average Bonchev–Trinajstić information content (AvgIpc) is 2.91. The van der Waals surface area contributed by atoms with Crippen LogP contribution in [0.3, 0.4) is 0 Å². The quantitative estimate of drug-likeness (QED) is 0.912. The number of hydrogen-bond acceptors (Lipinski definition) is 3. The molecule has 2 unspecified atom stereocenters. The van der Waals surface area contributed by atoms with Gasteiger partial charge in [0.25, 0.3) is 0 Å². The van der Waals surface area contributed by atoms with E-state index in [1.807, 2.05) is 18.2 Å². The molecule has 2 saturated heterocycles. The molecule has 1 aromatic carbocycles. The van der Waals surface area contributed by atoms with Crippen LogP contribution in [0.4, 0.5) is 4.79 Å². The molecule has 5 nitrogen and oxygen atoms in total. The minimum absolute atomic E-state index is 0.0748. The first-order valence-electron chi connectivity index (χ1n) is 7.89. The Hall–Kier alpha value is -2.04. The third-order valence-corrected chi connectivity index (χ3v) is 4.62. The molecule has 118 valence electrons. The summed E-state index contributed by atoms with van der Waals surface area (Å²) in [4.78, 5) is 25.8. The van der Waals surface area contributed by atoms with Crippen LogP contribution in [0.15, 0.2) is 30.3 Å². The number of carbonyl (C=O) groups excluding carboxylic acids is 2. The monoisotopic (exact) mass is 302 g/mol. The molecule has 22 heavy (non-hydrogen) atoms. The summed E-state index contributed by atoms with van der Waals surface area (Å²) >= 11 is 0. The number of nitrogens with one attached hydrogen (secondary N) is 1. The Labute approximate surface area is 130 Å². The van der Waals surface area contributed by atoms with E-state index in [-0.39, 0.29) is 23.5 Å². The standard InChI is InChI=1S/C17H22N2O3/c1-2-22-16(21)19-9-8-17(12-19)11-14(10-15(20)18-17)13-6-4-3-5-7-13/h3-7,14H,2,8-12H2,1H3,(H,18,20). The lowest BCUT2D eigenvalue weighted by molar-refractivity contribution is -0.125. The first kappa shape index (κ1) is 14.9. The van der Waals surface area contributed by atoms with E-state index in [4.69, 9.17) is 4.74 Å². The summed E-state index contributed by atoms with van der Waals surface area (Å²) in [6, 6.07) is 10.2. The fourth-order valence-electron chi connectivity index (χ4n) is 3.64. The maximum absolute atomic E-state index is 12.2. The number of hydrogen-bond donors (Lipinski definition) is 1. The van der Waals surface area contributed by atoms with Gasteiger partial charge in [0.15, 0.2) is 0 Å². The van der Waals surface area contributed by atoms with Crippen LogP contribution in [0.2, 0.25) is 0 Å². The van der Waals surface area contributed by atoms with Crippen LogP contribution in [-0.4, -0.2) is 42.1 Å². The Balaban J connectivity index is 1.74. The first-order chi connectivity index (χ1) is 10.6. The molecule has 0 aliphatic carbocycles. The summed E-state index contributed by atoms with van der Waals surface area (Å²) in [5.41, 5.74) is 0.897. The van der Waals surface area contributed by atoms with E-state index < -0.39 is 0 Å². The second-order valence-electron chi connectivity index (χ2n) is 6.21. The van der Waals surface area contributed by atoms with Gasteiger partial charge in [-0.15, -0.1) is 0 Å². The second kappa shape index (κ2) is 5.99. The summed E-state index contributed by atoms with van der Waals surface area (Å²) in [5.74, 6) is 0.294. The lowest BCUT2D eigenvalue weighted by Gasteiger charge is -2.38. The van der Waals surface area contributed by atoms with Crippen LogP contribution in [0.25, 0.3) is 0 Å². The van der Waals surface area contributed by atoms with Gasteiger partial charge in [0.1, 0.15) is 0 Å². The molecule has 2 aliphatic rings. The molecule has 1 N–H and O–H groups in total. The SMILES string of the molecule is CCOC(=O)N1CCC2(CC(c3ccccc3)CC(=O)N2)C1. The van der Waals surface area contributed by atoms with E-state index in [9.17, 15) is 9.59 Å². The highest BCUT2D eigenvalue weighted by Gasteiger charge is 2.46. The molecule has 1 spiro atoms. The molecule has 2 fully saturated rings. The third kappa shape index (κ3) is 2.93. The van der Waals surface area contributed by atoms with Gasteiger partial charge >= 0.3 is 6.09 Å². The summed E-state index contributed by atoms with van der Waals surface area (Å²) in [5, 5.41) is 3.13. The van der Waals surface area contributed by atoms with Crippen LogP contribution < -0.4 is 5.32 Å². The number of benzene rings is 1. The van der Waals surface area contributed by atoms with Crippen molar-refractivity contribution in [3.05, 3.63) is 35.9 Å². The van der Waals surface area contributed by atoms with E-state index in [1.54, 1.807) is 11.8 Å². The summed E-state index contributed by atoms with van der Waals surface area (Å²) in [6.07, 6.45) is 1.90. The Kier molecular flexibility index (Phi) is 4.05. The highest BCUT2D eigenvalue weighted by molar-refractivity contribution is 5.79. The predicted octanol–water partition coefficient (Wildman–Crippen LogP) is 2.28. The van der Waals surface area contributed by atoms with Gasteiger partial charge in [-0.1, -0.05) is 30.3 Å². The van der Waals surface area contributed by atoms with Gasteiger partial charge in [-0.05, 0) is 31.2 Å². The highest BCUT2D eigenvalue weighted by atomic mass is 16.6. The molecule has 0 aromatic heterocycles. The largest absolute Gasteiger partial charge is 0.450 e. The van der Waals surface area contributed by atoms with E-state index in [0.717, 1.165) is 12.8 Å². The lowest BCUT2D eigenvalue weighted by atomic mass is 9.78. The van der Waals surface area contributed by atoms with E-state index >= 15 is 0 Å². The smallest absolute Gasteiger partial charge is 0.409 e. The maximum atomic E-state index is 12.2. The molecule has 2 atom stereocenters. The Bertz CT molecular complexity index is 560. The van der Waals surface area contributed by atoms with Crippen molar-refractivity contribution in [2.45, 2.75) is 37.6 Å². The van der Waals surface area contributed by atoms with Crippen LogP contribution >= 0.6 is 0 Å². The lowest BCUT2D eigenvalue weighted by Crippen LogP contribution is -2.55. The summed E-state index contributed by atoms with van der Waals surface area (Å²) < 4.78 is 5.07. The van der Waals surface area contributed by atoms with Crippen molar-refractivity contribution in [2.24, 2.45) is 0 Å². The Morgan fingerprint density at radius 2 is 2.18 bits per heavy atom. The fourth-order valence-corrected chi connectivity index (χ4v) is 3.64. The van der Waals surface area contributed by atoms with E-state index in [2.05, 4.69) is 17.4 Å². The van der Waals surface area contributed by atoms with Gasteiger partial charge in [-0.2, -0.15) is 0 Å². The molecular formula is C17H22N2O3. The zero-order valence-electron chi connectivity index (χ0n) is 12.9. The summed E-state index contributed by atoms with van der Waals surface area (Å²) in [7, 11) is 0. The van der Waals surface area contributed by atoms with Crippen LogP contribution in [0, 0.1) is 0 Å². The second-order valence-corrected chi connectivity index (χ2v) is 6.21. The van der Waals surface area contributed by atoms with Gasteiger partial charge in [0, 0.05) is 19.5 Å². The number of rotatable bonds is 2. The molecule has 5 heteroatoms.